The summed E-state index contributed by atoms with van der Waals surface area (Å²) < 4.78 is 5.90. The third-order valence-corrected chi connectivity index (χ3v) is 5.80. The lowest BCUT2D eigenvalue weighted by atomic mass is 10.2. The maximum Gasteiger partial charge on any atom is 0.229 e. The maximum absolute atomic E-state index is 9.02. The number of benzene rings is 2. The highest BCUT2D eigenvalue weighted by molar-refractivity contribution is 8.03. The van der Waals surface area contributed by atoms with Crippen molar-refractivity contribution in [2.45, 2.75) is 6.92 Å². The Labute approximate surface area is 191 Å². The van der Waals surface area contributed by atoms with Crippen LogP contribution in [0.5, 0.6) is 5.75 Å². The molecule has 1 aliphatic rings. The van der Waals surface area contributed by atoms with E-state index in [2.05, 4.69) is 33.8 Å². The first kappa shape index (κ1) is 21.7. The molecule has 0 unspecified atom stereocenters. The monoisotopic (exact) mass is 447 g/mol. The van der Waals surface area contributed by atoms with Gasteiger partial charge in [-0.25, -0.2) is 4.98 Å². The van der Waals surface area contributed by atoms with E-state index in [1.54, 1.807) is 23.9 Å². The van der Waals surface area contributed by atoms with E-state index in [1.807, 2.05) is 44.4 Å². The molecule has 2 heterocycles. The summed E-state index contributed by atoms with van der Waals surface area (Å²) in [6, 6.07) is 15.2. The summed E-state index contributed by atoms with van der Waals surface area (Å²) in [5, 5.41) is 19.9. The molecular formula is C23H25N7OS. The molecule has 0 fully saturated rings. The fourth-order valence-corrected chi connectivity index (χ4v) is 3.82. The van der Waals surface area contributed by atoms with Crippen LogP contribution in [0.3, 0.4) is 0 Å². The Morgan fingerprint density at radius 3 is 2.66 bits per heavy atom. The summed E-state index contributed by atoms with van der Waals surface area (Å²) in [5.41, 5.74) is 2.17. The van der Waals surface area contributed by atoms with Crippen LogP contribution in [0.15, 0.2) is 53.2 Å². The number of likely N-dealkylation sites (N-methyl/N-ethyl adjacent to an activating group) is 1. The van der Waals surface area contributed by atoms with Gasteiger partial charge in [0, 0.05) is 28.6 Å². The quantitative estimate of drug-likeness (QED) is 0.472. The maximum atomic E-state index is 9.02. The number of anilines is 3. The first-order valence-corrected chi connectivity index (χ1v) is 11.2. The van der Waals surface area contributed by atoms with Gasteiger partial charge in [-0.05, 0) is 57.4 Å². The molecule has 0 radical (unpaired) electrons. The summed E-state index contributed by atoms with van der Waals surface area (Å²) in [7, 11) is 4.03. The Morgan fingerprint density at radius 2 is 1.97 bits per heavy atom. The summed E-state index contributed by atoms with van der Waals surface area (Å²) in [5.74, 6) is 3.70. The Kier molecular flexibility index (Phi) is 6.63. The molecule has 3 aromatic rings. The van der Waals surface area contributed by atoms with Gasteiger partial charge < -0.3 is 25.6 Å². The highest BCUT2D eigenvalue weighted by atomic mass is 32.2. The van der Waals surface area contributed by atoms with E-state index in [9.17, 15) is 0 Å². The predicted molar refractivity (Wildman–Crippen MR) is 130 cm³/mol. The minimum absolute atomic E-state index is 0.457. The first-order valence-electron chi connectivity index (χ1n) is 10.2. The number of allylic oxidation sites excluding steroid dienone is 1. The Bertz CT molecular complexity index is 1190. The van der Waals surface area contributed by atoms with Crippen molar-refractivity contribution < 1.29 is 4.74 Å². The third kappa shape index (κ3) is 5.22. The molecule has 0 saturated heterocycles. The van der Waals surface area contributed by atoms with Gasteiger partial charge in [-0.1, -0.05) is 0 Å². The molecular weight excluding hydrogens is 422 g/mol. The van der Waals surface area contributed by atoms with Crippen molar-refractivity contribution in [3.05, 3.63) is 58.8 Å². The van der Waals surface area contributed by atoms with E-state index in [4.69, 9.17) is 20.0 Å². The van der Waals surface area contributed by atoms with Crippen molar-refractivity contribution >= 4 is 40.1 Å². The van der Waals surface area contributed by atoms with Crippen LogP contribution < -0.4 is 20.7 Å². The van der Waals surface area contributed by atoms with Gasteiger partial charge in [-0.3, -0.25) is 0 Å². The van der Waals surface area contributed by atoms with Gasteiger partial charge in [-0.2, -0.15) is 10.2 Å². The second-order valence-corrected chi connectivity index (χ2v) is 8.75. The highest BCUT2D eigenvalue weighted by Crippen LogP contribution is 2.30. The zero-order chi connectivity index (χ0) is 22.5. The molecule has 1 aliphatic heterocycles. The average molecular weight is 448 g/mol. The van der Waals surface area contributed by atoms with Crippen LogP contribution in [0, 0.1) is 11.3 Å². The molecule has 4 rings (SSSR count). The molecule has 8 nitrogen and oxygen atoms in total. The number of nitriles is 1. The van der Waals surface area contributed by atoms with E-state index < -0.39 is 0 Å². The second-order valence-electron chi connectivity index (χ2n) is 7.56. The zero-order valence-corrected chi connectivity index (χ0v) is 19.1. The van der Waals surface area contributed by atoms with Gasteiger partial charge in [0.05, 0.1) is 23.0 Å². The molecule has 0 amide bonds. The summed E-state index contributed by atoms with van der Waals surface area (Å²) in [6.45, 7) is 3.50. The van der Waals surface area contributed by atoms with Gasteiger partial charge in [-0.15, -0.1) is 11.8 Å². The fourth-order valence-electron chi connectivity index (χ4n) is 3.12. The Hall–Kier alpha value is -3.48. The smallest absolute Gasteiger partial charge is 0.229 e. The van der Waals surface area contributed by atoms with Crippen molar-refractivity contribution in [2.75, 3.05) is 43.8 Å². The standard InChI is InChI=1S/C23H25N7OS/c1-15-21(25-14-32-15)28-22-19-9-8-18(31-11-10-30(2)3)12-20(19)27-23(29-22)26-17-6-4-16(13-24)5-7-17/h4-9,12,25H,10-11,14H2,1-3H3,(H2,26,27,28,29). The molecule has 0 spiro atoms. The highest BCUT2D eigenvalue weighted by Gasteiger charge is 2.15. The van der Waals surface area contributed by atoms with Gasteiger partial charge in [0.2, 0.25) is 5.95 Å². The van der Waals surface area contributed by atoms with Crippen molar-refractivity contribution in [1.29, 1.82) is 5.26 Å². The zero-order valence-electron chi connectivity index (χ0n) is 18.3. The van der Waals surface area contributed by atoms with Crippen LogP contribution in [0.4, 0.5) is 17.5 Å². The Morgan fingerprint density at radius 1 is 1.16 bits per heavy atom. The number of fused-ring (bicyclic) bond motifs is 1. The normalized spacial score (nSPS) is 13.2. The number of ether oxygens (including phenoxy) is 1. The number of hydrogen-bond acceptors (Lipinski definition) is 9. The summed E-state index contributed by atoms with van der Waals surface area (Å²) >= 11 is 1.75. The van der Waals surface area contributed by atoms with Gasteiger partial charge in [0.15, 0.2) is 0 Å². The van der Waals surface area contributed by atoms with E-state index in [0.29, 0.717) is 23.9 Å². The topological polar surface area (TPSA) is 98.1 Å². The van der Waals surface area contributed by atoms with E-state index >= 15 is 0 Å². The van der Waals surface area contributed by atoms with Crippen LogP contribution in [0.1, 0.15) is 12.5 Å². The number of nitrogens with one attached hydrogen (secondary N) is 3. The van der Waals surface area contributed by atoms with Crippen LogP contribution in [0.2, 0.25) is 0 Å². The number of hydrogen-bond donors (Lipinski definition) is 3. The van der Waals surface area contributed by atoms with Crippen molar-refractivity contribution in [3.63, 3.8) is 0 Å². The number of thioether (sulfide) groups is 1. The molecule has 1 aromatic heterocycles. The Balaban J connectivity index is 1.67. The first-order chi connectivity index (χ1) is 15.5. The van der Waals surface area contributed by atoms with Crippen LogP contribution in [0.25, 0.3) is 10.9 Å². The largest absolute Gasteiger partial charge is 0.492 e. The van der Waals surface area contributed by atoms with Crippen molar-refractivity contribution in [1.82, 2.24) is 20.2 Å². The molecule has 0 atom stereocenters. The van der Waals surface area contributed by atoms with Gasteiger partial charge >= 0.3 is 0 Å². The van der Waals surface area contributed by atoms with E-state index in [-0.39, 0.29) is 0 Å². The SMILES string of the molecule is CC1=C(Nc2nc(Nc3ccc(C#N)cc3)nc3cc(OCCN(C)C)ccc23)NCS1. The molecule has 164 valence electrons. The summed E-state index contributed by atoms with van der Waals surface area (Å²) in [6.07, 6.45) is 0. The van der Waals surface area contributed by atoms with Crippen molar-refractivity contribution in [3.8, 4) is 11.8 Å². The molecule has 2 aromatic carbocycles. The molecule has 3 N–H and O–H groups in total. The lowest BCUT2D eigenvalue weighted by Gasteiger charge is -2.15. The molecule has 0 aliphatic carbocycles. The lowest BCUT2D eigenvalue weighted by Crippen LogP contribution is -2.19. The minimum atomic E-state index is 0.457. The van der Waals surface area contributed by atoms with Crippen LogP contribution in [-0.2, 0) is 0 Å². The molecule has 0 saturated carbocycles. The van der Waals surface area contributed by atoms with Crippen LogP contribution in [-0.4, -0.2) is 48.0 Å². The molecule has 9 heteroatoms. The predicted octanol–water partition coefficient (Wildman–Crippen LogP) is 4.08. The number of aromatic nitrogens is 2. The third-order valence-electron chi connectivity index (χ3n) is 4.88. The van der Waals surface area contributed by atoms with Crippen LogP contribution >= 0.6 is 11.8 Å². The summed E-state index contributed by atoms with van der Waals surface area (Å²) in [4.78, 5) is 12.7. The van der Waals surface area contributed by atoms with Gasteiger partial charge in [0.1, 0.15) is 24.0 Å². The van der Waals surface area contributed by atoms with Gasteiger partial charge in [0.25, 0.3) is 0 Å². The molecule has 0 bridgehead atoms. The average Bonchev–Trinajstić information content (AvgIpc) is 3.18. The van der Waals surface area contributed by atoms with Crippen molar-refractivity contribution in [2.24, 2.45) is 0 Å². The molecule has 32 heavy (non-hydrogen) atoms. The van der Waals surface area contributed by atoms with E-state index in [0.717, 1.165) is 40.6 Å². The van der Waals surface area contributed by atoms with E-state index in [1.165, 1.54) is 4.91 Å². The second kappa shape index (κ2) is 9.77. The fraction of sp³-hybridized carbons (Fsp3) is 0.261. The number of nitrogens with zero attached hydrogens (tertiary/aromatic N) is 4. The number of rotatable bonds is 8. The minimum Gasteiger partial charge on any atom is -0.492 e. The lowest BCUT2D eigenvalue weighted by molar-refractivity contribution is 0.261.